The van der Waals surface area contributed by atoms with Crippen molar-refractivity contribution >= 4 is 0 Å². The zero-order chi connectivity index (χ0) is 22.1. The summed E-state index contributed by atoms with van der Waals surface area (Å²) in [6.45, 7) is 13.8. The van der Waals surface area contributed by atoms with Gasteiger partial charge in [0.25, 0.3) is 0 Å². The lowest BCUT2D eigenvalue weighted by molar-refractivity contribution is -0.171. The number of unbranched alkanes of at least 4 members (excludes halogenated alkanes) is 1. The van der Waals surface area contributed by atoms with Crippen LogP contribution in [-0.4, -0.2) is 22.4 Å². The van der Waals surface area contributed by atoms with Gasteiger partial charge in [-0.25, -0.2) is 0 Å². The normalized spacial score (nSPS) is 47.7. The maximum absolute atomic E-state index is 11.1. The molecule has 0 saturated heterocycles. The summed E-state index contributed by atoms with van der Waals surface area (Å²) >= 11 is 0. The molecule has 0 bridgehead atoms. The first kappa shape index (κ1) is 24.6. The van der Waals surface area contributed by atoms with Gasteiger partial charge in [0.15, 0.2) is 0 Å². The maximum Gasteiger partial charge on any atom is 0.0577 e. The lowest BCUT2D eigenvalue weighted by Gasteiger charge is -2.62. The number of hydrogen-bond donors (Lipinski definition) is 2. The van der Waals surface area contributed by atoms with Crippen molar-refractivity contribution < 1.29 is 10.2 Å². The average Bonchev–Trinajstić information content (AvgIpc) is 3.05. The highest BCUT2D eigenvalue weighted by Crippen LogP contribution is 2.67. The van der Waals surface area contributed by atoms with Crippen molar-refractivity contribution in [2.24, 2.45) is 46.3 Å². The van der Waals surface area contributed by atoms with Gasteiger partial charge in [-0.2, -0.15) is 0 Å². The Labute approximate surface area is 187 Å². The highest BCUT2D eigenvalue weighted by Gasteiger charge is 2.61. The van der Waals surface area contributed by atoms with Crippen molar-refractivity contribution in [2.75, 3.05) is 0 Å². The molecule has 9 atom stereocenters. The molecule has 0 aromatic heterocycles. The minimum atomic E-state index is -0.186. The second-order valence-corrected chi connectivity index (χ2v) is 12.2. The molecule has 9 unspecified atom stereocenters. The fraction of sp³-hybridized carbons (Fsp3) is 1.00. The lowest BCUT2D eigenvalue weighted by Crippen LogP contribution is -2.58. The van der Waals surface area contributed by atoms with Gasteiger partial charge in [-0.3, -0.25) is 0 Å². The van der Waals surface area contributed by atoms with Crippen LogP contribution in [-0.2, 0) is 0 Å². The van der Waals surface area contributed by atoms with Crippen LogP contribution in [0.2, 0.25) is 0 Å². The summed E-state index contributed by atoms with van der Waals surface area (Å²) in [6, 6.07) is 0. The van der Waals surface area contributed by atoms with E-state index in [0.29, 0.717) is 11.3 Å². The quantitative estimate of drug-likeness (QED) is 0.461. The Hall–Kier alpha value is -0.0800. The minimum Gasteiger partial charge on any atom is -0.393 e. The molecule has 4 rings (SSSR count). The summed E-state index contributed by atoms with van der Waals surface area (Å²) in [4.78, 5) is 0. The van der Waals surface area contributed by atoms with E-state index in [9.17, 15) is 10.2 Å². The topological polar surface area (TPSA) is 40.5 Å². The molecule has 4 saturated carbocycles. The van der Waals surface area contributed by atoms with Crippen LogP contribution in [0.5, 0.6) is 0 Å². The van der Waals surface area contributed by atoms with Gasteiger partial charge >= 0.3 is 0 Å². The van der Waals surface area contributed by atoms with Crippen LogP contribution in [0.4, 0.5) is 0 Å². The van der Waals surface area contributed by atoms with Gasteiger partial charge < -0.3 is 10.2 Å². The zero-order valence-electron chi connectivity index (χ0n) is 21.0. The molecule has 2 N–H and O–H groups in total. The fourth-order valence-corrected chi connectivity index (χ4v) is 8.80. The first-order chi connectivity index (χ1) is 14.3. The second kappa shape index (κ2) is 9.82. The van der Waals surface area contributed by atoms with E-state index in [1.165, 1.54) is 51.4 Å². The number of hydrogen-bond acceptors (Lipinski definition) is 2. The molecule has 4 aliphatic rings. The first-order valence-electron chi connectivity index (χ1n) is 13.6. The van der Waals surface area contributed by atoms with Crippen molar-refractivity contribution in [3.05, 3.63) is 0 Å². The summed E-state index contributed by atoms with van der Waals surface area (Å²) in [5, 5.41) is 21.3. The highest BCUT2D eigenvalue weighted by molar-refractivity contribution is 5.10. The Morgan fingerprint density at radius 2 is 1.47 bits per heavy atom. The molecule has 4 aliphatic carbocycles. The van der Waals surface area contributed by atoms with Crippen LogP contribution in [0.3, 0.4) is 0 Å². The van der Waals surface area contributed by atoms with Crippen LogP contribution >= 0.6 is 0 Å². The minimum absolute atomic E-state index is 0.181. The molecular formula is C28H52O2. The number of aliphatic hydroxyl groups is 2. The molecule has 2 heteroatoms. The number of aliphatic hydroxyl groups excluding tert-OH is 2. The lowest BCUT2D eigenvalue weighted by atomic mass is 9.44. The molecule has 4 fully saturated rings. The number of fused-ring (bicyclic) bond motifs is 5. The molecule has 0 radical (unpaired) electrons. The maximum atomic E-state index is 11.1. The van der Waals surface area contributed by atoms with Crippen LogP contribution in [0, 0.1) is 46.3 Å². The van der Waals surface area contributed by atoms with E-state index in [2.05, 4.69) is 27.7 Å². The summed E-state index contributed by atoms with van der Waals surface area (Å²) in [6.07, 6.45) is 14.8. The molecular weight excluding hydrogens is 368 g/mol. The zero-order valence-corrected chi connectivity index (χ0v) is 21.0. The van der Waals surface area contributed by atoms with E-state index in [0.717, 1.165) is 55.3 Å². The molecule has 0 amide bonds. The summed E-state index contributed by atoms with van der Waals surface area (Å²) in [5.41, 5.74) is 0.786. The Balaban J connectivity index is 0.00000124. The van der Waals surface area contributed by atoms with Gasteiger partial charge in [-0.1, -0.05) is 60.8 Å². The third-order valence-electron chi connectivity index (χ3n) is 10.4. The predicted molar refractivity (Wildman–Crippen MR) is 127 cm³/mol. The van der Waals surface area contributed by atoms with Crippen molar-refractivity contribution in [1.82, 2.24) is 0 Å². The summed E-state index contributed by atoms with van der Waals surface area (Å²) in [5.74, 6) is 4.43. The van der Waals surface area contributed by atoms with Crippen molar-refractivity contribution in [3.8, 4) is 0 Å². The monoisotopic (exact) mass is 420 g/mol. The van der Waals surface area contributed by atoms with Gasteiger partial charge in [0.2, 0.25) is 0 Å². The third kappa shape index (κ3) is 4.39. The highest BCUT2D eigenvalue weighted by atomic mass is 16.3. The molecule has 0 spiro atoms. The third-order valence-corrected chi connectivity index (χ3v) is 10.4. The molecule has 0 heterocycles. The molecule has 30 heavy (non-hydrogen) atoms. The van der Waals surface area contributed by atoms with Gasteiger partial charge in [0.1, 0.15) is 0 Å². The second-order valence-electron chi connectivity index (χ2n) is 12.2. The largest absolute Gasteiger partial charge is 0.393 e. The molecule has 0 aliphatic heterocycles. The Morgan fingerprint density at radius 3 is 2.17 bits per heavy atom. The van der Waals surface area contributed by atoms with Crippen molar-refractivity contribution in [3.63, 3.8) is 0 Å². The van der Waals surface area contributed by atoms with Crippen molar-refractivity contribution in [1.29, 1.82) is 0 Å². The van der Waals surface area contributed by atoms with Crippen LogP contribution in [0.15, 0.2) is 0 Å². The van der Waals surface area contributed by atoms with E-state index < -0.39 is 0 Å². The SMILES string of the molecule is CC.CC(C)CCCCC1CCC2C3CC(O)C4CC(O)CCC4(C)C3CCC12C. The van der Waals surface area contributed by atoms with E-state index in [4.69, 9.17) is 0 Å². The number of rotatable bonds is 5. The Morgan fingerprint density at radius 1 is 0.800 bits per heavy atom. The predicted octanol–water partition coefficient (Wildman–Crippen LogP) is 7.22. The van der Waals surface area contributed by atoms with Gasteiger partial charge in [-0.15, -0.1) is 0 Å². The summed E-state index contributed by atoms with van der Waals surface area (Å²) in [7, 11) is 0. The fourth-order valence-electron chi connectivity index (χ4n) is 8.80. The van der Waals surface area contributed by atoms with Crippen LogP contribution in [0.1, 0.15) is 119 Å². The van der Waals surface area contributed by atoms with Crippen LogP contribution < -0.4 is 0 Å². The van der Waals surface area contributed by atoms with Gasteiger partial charge in [0.05, 0.1) is 12.2 Å². The van der Waals surface area contributed by atoms with Gasteiger partial charge in [-0.05, 0) is 104 Å². The average molecular weight is 421 g/mol. The first-order valence-corrected chi connectivity index (χ1v) is 13.6. The van der Waals surface area contributed by atoms with E-state index in [-0.39, 0.29) is 17.6 Å². The molecule has 176 valence electrons. The van der Waals surface area contributed by atoms with E-state index in [1.54, 1.807) is 0 Å². The Kier molecular flexibility index (Phi) is 8.04. The van der Waals surface area contributed by atoms with Crippen LogP contribution in [0.25, 0.3) is 0 Å². The standard InChI is InChI=1S/C26H46O2.C2H6/c1-17(2)7-5-6-8-18-9-10-21-20-16-24(28)23-15-19(27)11-13-26(23,4)22(20)12-14-25(18,21)3;1-2/h17-24,27-28H,5-16H2,1-4H3;1-2H3. The molecule has 2 nitrogen and oxygen atoms in total. The van der Waals surface area contributed by atoms with Crippen molar-refractivity contribution in [2.45, 2.75) is 131 Å². The Bertz CT molecular complexity index is 545. The van der Waals surface area contributed by atoms with E-state index in [1.807, 2.05) is 13.8 Å². The van der Waals surface area contributed by atoms with E-state index >= 15 is 0 Å². The van der Waals surface area contributed by atoms with Gasteiger partial charge in [0, 0.05) is 0 Å². The smallest absolute Gasteiger partial charge is 0.0577 e. The molecule has 0 aromatic rings. The summed E-state index contributed by atoms with van der Waals surface area (Å²) < 4.78 is 0. The molecule has 0 aromatic carbocycles.